The summed E-state index contributed by atoms with van der Waals surface area (Å²) in [6, 6.07) is 17.3. The van der Waals surface area contributed by atoms with E-state index >= 15 is 0 Å². The molecular formula is C24H26BNO2. The third kappa shape index (κ3) is 2.59. The molecule has 0 spiro atoms. The summed E-state index contributed by atoms with van der Waals surface area (Å²) in [7, 11) is -0.346. The molecular weight excluding hydrogens is 345 g/mol. The van der Waals surface area contributed by atoms with E-state index in [1.54, 1.807) is 0 Å². The fourth-order valence-corrected chi connectivity index (χ4v) is 4.23. The Kier molecular flexibility index (Phi) is 3.87. The van der Waals surface area contributed by atoms with E-state index in [1.165, 1.54) is 27.8 Å². The topological polar surface area (TPSA) is 23.4 Å². The molecule has 0 bridgehead atoms. The van der Waals surface area contributed by atoms with E-state index in [0.717, 1.165) is 18.3 Å². The second kappa shape index (κ2) is 6.10. The van der Waals surface area contributed by atoms with Crippen LogP contribution in [0.4, 0.5) is 0 Å². The first-order chi connectivity index (χ1) is 13.4. The molecule has 4 heteroatoms. The highest BCUT2D eigenvalue weighted by Gasteiger charge is 2.51. The number of rotatable bonds is 2. The average Bonchev–Trinajstić information content (AvgIpc) is 3.12. The van der Waals surface area contributed by atoms with Gasteiger partial charge in [-0.3, -0.25) is 0 Å². The molecule has 1 fully saturated rings. The van der Waals surface area contributed by atoms with E-state index in [0.29, 0.717) is 0 Å². The van der Waals surface area contributed by atoms with Gasteiger partial charge in [0.1, 0.15) is 0 Å². The average molecular weight is 371 g/mol. The van der Waals surface area contributed by atoms with Crippen LogP contribution in [0.3, 0.4) is 0 Å². The molecule has 1 aromatic heterocycles. The van der Waals surface area contributed by atoms with Crippen molar-refractivity contribution in [3.63, 3.8) is 0 Å². The van der Waals surface area contributed by atoms with Crippen molar-refractivity contribution in [2.24, 2.45) is 0 Å². The number of para-hydroxylation sites is 1. The minimum atomic E-state index is -0.346. The van der Waals surface area contributed by atoms with Crippen molar-refractivity contribution in [1.82, 2.24) is 4.57 Å². The van der Waals surface area contributed by atoms with Crippen LogP contribution < -0.4 is 5.46 Å². The van der Waals surface area contributed by atoms with Crippen molar-refractivity contribution in [3.8, 4) is 5.69 Å². The van der Waals surface area contributed by atoms with Gasteiger partial charge < -0.3 is 13.9 Å². The summed E-state index contributed by atoms with van der Waals surface area (Å²) in [5.41, 5.74) is 5.54. The van der Waals surface area contributed by atoms with E-state index in [1.807, 2.05) is 0 Å². The van der Waals surface area contributed by atoms with Crippen molar-refractivity contribution >= 4 is 29.6 Å². The molecule has 1 aliphatic carbocycles. The fraction of sp³-hybridized carbons (Fsp3) is 0.333. The van der Waals surface area contributed by atoms with Crippen molar-refractivity contribution in [2.75, 3.05) is 0 Å². The van der Waals surface area contributed by atoms with E-state index in [4.69, 9.17) is 9.31 Å². The normalized spacial score (nSPS) is 19.9. The standard InChI is InChI=1S/C24H26BNO2/c1-23(2)24(3,4)28-25(27-23)17-14-15-20-19-12-8-9-13-21(19)26(22(20)16-17)18-10-6-5-7-11-18/h5-8,10-12,14-16H,9,13H2,1-4H3. The van der Waals surface area contributed by atoms with Gasteiger partial charge in [0.15, 0.2) is 0 Å². The van der Waals surface area contributed by atoms with Gasteiger partial charge in [-0.2, -0.15) is 0 Å². The molecule has 2 heterocycles. The first-order valence-electron chi connectivity index (χ1n) is 10.1. The third-order valence-electron chi connectivity index (χ3n) is 6.51. The molecule has 0 unspecified atom stereocenters. The van der Waals surface area contributed by atoms with Crippen molar-refractivity contribution < 1.29 is 9.31 Å². The number of fused-ring (bicyclic) bond motifs is 3. The lowest BCUT2D eigenvalue weighted by atomic mass is 9.78. The zero-order valence-electron chi connectivity index (χ0n) is 17.0. The van der Waals surface area contributed by atoms with Crippen LogP contribution in [-0.4, -0.2) is 22.9 Å². The highest BCUT2D eigenvalue weighted by Crippen LogP contribution is 2.38. The summed E-state index contributed by atoms with van der Waals surface area (Å²) in [5, 5.41) is 1.29. The SMILES string of the molecule is CC1(C)OB(c2ccc3c4c(n(-c5ccccc5)c3c2)CCC=C4)OC1(C)C. The lowest BCUT2D eigenvalue weighted by Gasteiger charge is -2.32. The van der Waals surface area contributed by atoms with Crippen molar-refractivity contribution in [2.45, 2.75) is 51.7 Å². The molecule has 3 nitrogen and oxygen atoms in total. The van der Waals surface area contributed by atoms with Crippen LogP contribution in [0, 0.1) is 0 Å². The minimum absolute atomic E-state index is 0.337. The van der Waals surface area contributed by atoms with Gasteiger partial charge in [0.2, 0.25) is 0 Å². The van der Waals surface area contributed by atoms with Crippen molar-refractivity contribution in [3.05, 3.63) is 65.9 Å². The number of hydrogen-bond acceptors (Lipinski definition) is 2. The Morgan fingerprint density at radius 2 is 1.64 bits per heavy atom. The Bertz CT molecular complexity index is 1060. The summed E-state index contributed by atoms with van der Waals surface area (Å²) < 4.78 is 15.0. The molecule has 142 valence electrons. The zero-order chi connectivity index (χ0) is 19.5. The lowest BCUT2D eigenvalue weighted by molar-refractivity contribution is 0.00578. The second-order valence-corrected chi connectivity index (χ2v) is 8.84. The van der Waals surface area contributed by atoms with E-state index in [-0.39, 0.29) is 18.3 Å². The maximum atomic E-state index is 6.30. The summed E-state index contributed by atoms with van der Waals surface area (Å²) >= 11 is 0. The minimum Gasteiger partial charge on any atom is -0.399 e. The van der Waals surface area contributed by atoms with Gasteiger partial charge in [0, 0.05) is 22.3 Å². The Hall–Kier alpha value is -2.30. The van der Waals surface area contributed by atoms with Gasteiger partial charge in [0.25, 0.3) is 0 Å². The predicted octanol–water partition coefficient (Wildman–Crippen LogP) is 4.89. The maximum Gasteiger partial charge on any atom is 0.494 e. The first kappa shape index (κ1) is 17.8. The molecule has 1 aliphatic heterocycles. The molecule has 0 N–H and O–H groups in total. The second-order valence-electron chi connectivity index (χ2n) is 8.84. The number of allylic oxidation sites excluding steroid dienone is 1. The van der Waals surface area contributed by atoms with Gasteiger partial charge >= 0.3 is 7.12 Å². The van der Waals surface area contributed by atoms with E-state index < -0.39 is 0 Å². The molecule has 1 saturated heterocycles. The summed E-state index contributed by atoms with van der Waals surface area (Å²) in [5.74, 6) is 0. The number of benzene rings is 2. The van der Waals surface area contributed by atoms with Crippen LogP contribution in [-0.2, 0) is 15.7 Å². The Balaban J connectivity index is 1.69. The highest BCUT2D eigenvalue weighted by molar-refractivity contribution is 6.62. The summed E-state index contributed by atoms with van der Waals surface area (Å²) in [4.78, 5) is 0. The monoisotopic (exact) mass is 371 g/mol. The van der Waals surface area contributed by atoms with Gasteiger partial charge in [-0.05, 0) is 64.2 Å². The Morgan fingerprint density at radius 3 is 2.36 bits per heavy atom. The maximum absolute atomic E-state index is 6.30. The smallest absolute Gasteiger partial charge is 0.399 e. The molecule has 3 aromatic rings. The van der Waals surface area contributed by atoms with Gasteiger partial charge in [-0.1, -0.05) is 42.5 Å². The first-order valence-corrected chi connectivity index (χ1v) is 10.1. The number of aromatic nitrogens is 1. The van der Waals surface area contributed by atoms with Crippen LogP contribution in [0.2, 0.25) is 0 Å². The Labute approximate surface area is 167 Å². The zero-order valence-corrected chi connectivity index (χ0v) is 17.0. The molecule has 28 heavy (non-hydrogen) atoms. The largest absolute Gasteiger partial charge is 0.494 e. The third-order valence-corrected chi connectivity index (χ3v) is 6.51. The van der Waals surface area contributed by atoms with Crippen LogP contribution in [0.5, 0.6) is 0 Å². The fourth-order valence-electron chi connectivity index (χ4n) is 4.23. The summed E-state index contributed by atoms with van der Waals surface area (Å²) in [6.45, 7) is 8.40. The highest BCUT2D eigenvalue weighted by atomic mass is 16.7. The van der Waals surface area contributed by atoms with Gasteiger partial charge in [-0.25, -0.2) is 0 Å². The molecule has 5 rings (SSSR count). The van der Waals surface area contributed by atoms with Gasteiger partial charge in [-0.15, -0.1) is 0 Å². The van der Waals surface area contributed by atoms with Crippen LogP contribution in [0.1, 0.15) is 45.4 Å². The van der Waals surface area contributed by atoms with Crippen LogP contribution in [0.15, 0.2) is 54.6 Å². The predicted molar refractivity (Wildman–Crippen MR) is 116 cm³/mol. The Morgan fingerprint density at radius 1 is 0.929 bits per heavy atom. The number of hydrogen-bond donors (Lipinski definition) is 0. The molecule has 2 aromatic carbocycles. The van der Waals surface area contributed by atoms with Crippen LogP contribution in [0.25, 0.3) is 22.7 Å². The molecule has 0 amide bonds. The molecule has 2 aliphatic rings. The quantitative estimate of drug-likeness (QED) is 0.599. The molecule has 0 radical (unpaired) electrons. The van der Waals surface area contributed by atoms with Crippen molar-refractivity contribution in [1.29, 1.82) is 0 Å². The summed E-state index contributed by atoms with van der Waals surface area (Å²) in [6.07, 6.45) is 6.69. The number of nitrogens with zero attached hydrogens (tertiary/aromatic N) is 1. The van der Waals surface area contributed by atoms with Gasteiger partial charge in [0.05, 0.1) is 16.7 Å². The van der Waals surface area contributed by atoms with Crippen LogP contribution >= 0.6 is 0 Å². The van der Waals surface area contributed by atoms with E-state index in [2.05, 4.69) is 92.9 Å². The molecule has 0 atom stereocenters. The molecule has 0 saturated carbocycles. The lowest BCUT2D eigenvalue weighted by Crippen LogP contribution is -2.41. The van der Waals surface area contributed by atoms with E-state index in [9.17, 15) is 0 Å².